The van der Waals surface area contributed by atoms with E-state index in [0.29, 0.717) is 23.7 Å². The Morgan fingerprint density at radius 1 is 1.20 bits per heavy atom. The fourth-order valence-corrected chi connectivity index (χ4v) is 4.68. The van der Waals surface area contributed by atoms with Crippen molar-refractivity contribution in [3.05, 3.63) is 0 Å². The van der Waals surface area contributed by atoms with Crippen molar-refractivity contribution in [2.24, 2.45) is 29.4 Å². The zero-order chi connectivity index (χ0) is 14.3. The highest BCUT2D eigenvalue weighted by Gasteiger charge is 2.49. The van der Waals surface area contributed by atoms with Crippen LogP contribution in [0.2, 0.25) is 0 Å². The first-order valence-electron chi connectivity index (χ1n) is 8.25. The van der Waals surface area contributed by atoms with Crippen molar-refractivity contribution in [2.75, 3.05) is 33.7 Å². The number of hydrogen-bond acceptors (Lipinski definition) is 3. The van der Waals surface area contributed by atoms with Crippen LogP contribution >= 0.6 is 0 Å². The van der Waals surface area contributed by atoms with Gasteiger partial charge in [0.05, 0.1) is 5.92 Å². The molecule has 2 N–H and O–H groups in total. The van der Waals surface area contributed by atoms with Gasteiger partial charge in [-0.3, -0.25) is 4.79 Å². The minimum Gasteiger partial charge on any atom is -0.345 e. The molecule has 4 heteroatoms. The largest absolute Gasteiger partial charge is 0.345 e. The lowest BCUT2D eigenvalue weighted by Crippen LogP contribution is -2.47. The molecule has 3 aliphatic rings. The molecule has 2 bridgehead atoms. The van der Waals surface area contributed by atoms with E-state index in [1.807, 2.05) is 11.9 Å². The Morgan fingerprint density at radius 3 is 2.45 bits per heavy atom. The molecule has 4 nitrogen and oxygen atoms in total. The van der Waals surface area contributed by atoms with Gasteiger partial charge < -0.3 is 15.5 Å². The Morgan fingerprint density at radius 2 is 1.85 bits per heavy atom. The van der Waals surface area contributed by atoms with E-state index in [9.17, 15) is 4.79 Å². The van der Waals surface area contributed by atoms with Gasteiger partial charge in [0.15, 0.2) is 0 Å². The maximum Gasteiger partial charge on any atom is 0.227 e. The van der Waals surface area contributed by atoms with E-state index in [4.69, 9.17) is 5.73 Å². The van der Waals surface area contributed by atoms with Gasteiger partial charge in [-0.15, -0.1) is 0 Å². The number of carbonyl (C=O) groups is 1. The summed E-state index contributed by atoms with van der Waals surface area (Å²) in [6.45, 7) is 3.26. The van der Waals surface area contributed by atoms with Crippen molar-refractivity contribution < 1.29 is 4.79 Å². The Kier molecular flexibility index (Phi) is 4.04. The average Bonchev–Trinajstić information content (AvgIpc) is 3.01. The molecule has 1 amide bonds. The minimum atomic E-state index is 0.116. The van der Waals surface area contributed by atoms with Crippen LogP contribution in [0.1, 0.15) is 32.1 Å². The molecule has 1 aliphatic heterocycles. The van der Waals surface area contributed by atoms with Crippen molar-refractivity contribution in [1.82, 2.24) is 9.80 Å². The molecule has 1 saturated heterocycles. The minimum absolute atomic E-state index is 0.116. The number of nitrogens with two attached hydrogens (primary N) is 1. The molecule has 4 unspecified atom stereocenters. The van der Waals surface area contributed by atoms with Crippen molar-refractivity contribution in [1.29, 1.82) is 0 Å². The topological polar surface area (TPSA) is 49.6 Å². The maximum absolute atomic E-state index is 12.7. The van der Waals surface area contributed by atoms with Gasteiger partial charge in [-0.25, -0.2) is 0 Å². The zero-order valence-electron chi connectivity index (χ0n) is 12.9. The summed E-state index contributed by atoms with van der Waals surface area (Å²) in [5.41, 5.74) is 6.30. The lowest BCUT2D eigenvalue weighted by atomic mass is 9.83. The number of fused-ring (bicyclic) bond motifs is 2. The smallest absolute Gasteiger partial charge is 0.227 e. The molecule has 3 fully saturated rings. The molecule has 2 saturated carbocycles. The molecule has 20 heavy (non-hydrogen) atoms. The molecule has 2 aliphatic carbocycles. The summed E-state index contributed by atoms with van der Waals surface area (Å²) in [5, 5.41) is 0. The van der Waals surface area contributed by atoms with Crippen LogP contribution in [0.25, 0.3) is 0 Å². The van der Waals surface area contributed by atoms with E-state index >= 15 is 0 Å². The molecule has 0 aromatic carbocycles. The highest BCUT2D eigenvalue weighted by molar-refractivity contribution is 5.80. The van der Waals surface area contributed by atoms with Gasteiger partial charge in [-0.1, -0.05) is 0 Å². The molecule has 4 atom stereocenters. The highest BCUT2D eigenvalue weighted by Crippen LogP contribution is 2.48. The predicted octanol–water partition coefficient (Wildman–Crippen LogP) is 1.16. The highest BCUT2D eigenvalue weighted by atomic mass is 16.2. The van der Waals surface area contributed by atoms with Crippen molar-refractivity contribution in [3.8, 4) is 0 Å². The Labute approximate surface area is 122 Å². The lowest BCUT2D eigenvalue weighted by molar-refractivity contribution is -0.137. The molecular formula is C16H29N3O. The third-order valence-electron chi connectivity index (χ3n) is 6.01. The van der Waals surface area contributed by atoms with Gasteiger partial charge in [-0.05, 0) is 70.0 Å². The number of hydrogen-bond donors (Lipinski definition) is 1. The van der Waals surface area contributed by atoms with Crippen LogP contribution in [0.4, 0.5) is 0 Å². The van der Waals surface area contributed by atoms with Crippen LogP contribution in [0, 0.1) is 23.7 Å². The fraction of sp³-hybridized carbons (Fsp3) is 0.938. The molecule has 0 radical (unpaired) electrons. The summed E-state index contributed by atoms with van der Waals surface area (Å²) in [5.74, 6) is 2.30. The number of amides is 1. The number of carbonyl (C=O) groups excluding carboxylic acids is 1. The van der Waals surface area contributed by atoms with Crippen molar-refractivity contribution in [3.63, 3.8) is 0 Å². The standard InChI is InChI=1S/C16H29N3O/c1-18-7-5-11(6-8-18)10-19(2)16(20)14-12-3-4-13(9-12)15(14)17/h11-15H,3-10,17H2,1-2H3. The van der Waals surface area contributed by atoms with Crippen LogP contribution in [-0.2, 0) is 4.79 Å². The van der Waals surface area contributed by atoms with Crippen molar-refractivity contribution in [2.45, 2.75) is 38.1 Å². The van der Waals surface area contributed by atoms with Crippen LogP contribution in [0.3, 0.4) is 0 Å². The molecule has 3 rings (SSSR count). The lowest BCUT2D eigenvalue weighted by Gasteiger charge is -2.35. The Bertz CT molecular complexity index is 363. The summed E-state index contributed by atoms with van der Waals surface area (Å²) in [6.07, 6.45) is 6.10. The first-order valence-corrected chi connectivity index (χ1v) is 8.25. The maximum atomic E-state index is 12.7. The molecular weight excluding hydrogens is 250 g/mol. The molecule has 0 aromatic heterocycles. The first-order chi connectivity index (χ1) is 9.56. The van der Waals surface area contributed by atoms with Crippen LogP contribution in [-0.4, -0.2) is 55.5 Å². The quantitative estimate of drug-likeness (QED) is 0.843. The summed E-state index contributed by atoms with van der Waals surface area (Å²) < 4.78 is 0. The van der Waals surface area contributed by atoms with E-state index in [-0.39, 0.29) is 12.0 Å². The van der Waals surface area contributed by atoms with Gasteiger partial charge >= 0.3 is 0 Å². The van der Waals surface area contributed by atoms with E-state index in [2.05, 4.69) is 11.9 Å². The number of nitrogens with zero attached hydrogens (tertiary/aromatic N) is 2. The van der Waals surface area contributed by atoms with Crippen molar-refractivity contribution >= 4 is 5.91 Å². The first kappa shape index (κ1) is 14.3. The van der Waals surface area contributed by atoms with Crippen LogP contribution < -0.4 is 5.73 Å². The van der Waals surface area contributed by atoms with Gasteiger partial charge in [0.25, 0.3) is 0 Å². The number of rotatable bonds is 3. The molecule has 1 heterocycles. The van der Waals surface area contributed by atoms with Gasteiger partial charge in [-0.2, -0.15) is 0 Å². The van der Waals surface area contributed by atoms with Gasteiger partial charge in [0.2, 0.25) is 5.91 Å². The van der Waals surface area contributed by atoms with E-state index in [1.54, 1.807) is 0 Å². The number of likely N-dealkylation sites (tertiary alicyclic amines) is 1. The summed E-state index contributed by atoms with van der Waals surface area (Å²) >= 11 is 0. The zero-order valence-corrected chi connectivity index (χ0v) is 12.9. The fourth-order valence-electron chi connectivity index (χ4n) is 4.68. The summed E-state index contributed by atoms with van der Waals surface area (Å²) in [4.78, 5) is 17.1. The second-order valence-corrected chi connectivity index (χ2v) is 7.40. The third kappa shape index (κ3) is 2.60. The predicted molar refractivity (Wildman–Crippen MR) is 80.2 cm³/mol. The summed E-state index contributed by atoms with van der Waals surface area (Å²) in [7, 11) is 4.17. The van der Waals surface area contributed by atoms with Gasteiger partial charge in [0, 0.05) is 19.6 Å². The van der Waals surface area contributed by atoms with Crippen LogP contribution in [0.5, 0.6) is 0 Å². The summed E-state index contributed by atoms with van der Waals surface area (Å²) in [6, 6.07) is 0.126. The second-order valence-electron chi connectivity index (χ2n) is 7.40. The van der Waals surface area contributed by atoms with E-state index < -0.39 is 0 Å². The van der Waals surface area contributed by atoms with E-state index in [0.717, 1.165) is 6.54 Å². The second kappa shape index (κ2) is 5.64. The van der Waals surface area contributed by atoms with Crippen LogP contribution in [0.15, 0.2) is 0 Å². The monoisotopic (exact) mass is 279 g/mol. The third-order valence-corrected chi connectivity index (χ3v) is 6.01. The SMILES string of the molecule is CN1CCC(CN(C)C(=O)C2C3CCC(C3)C2N)CC1. The Balaban J connectivity index is 1.54. The molecule has 0 spiro atoms. The Hall–Kier alpha value is -0.610. The molecule has 114 valence electrons. The van der Waals surface area contributed by atoms with Gasteiger partial charge in [0.1, 0.15) is 0 Å². The number of piperidine rings is 1. The van der Waals surface area contributed by atoms with E-state index in [1.165, 1.54) is 45.2 Å². The normalized spacial score (nSPS) is 38.4. The molecule has 0 aromatic rings. The average molecular weight is 279 g/mol.